The van der Waals surface area contributed by atoms with E-state index >= 15 is 0 Å². The Hall–Kier alpha value is -1.16. The molecule has 0 unspecified atom stereocenters. The molecule has 0 aliphatic heterocycles. The summed E-state index contributed by atoms with van der Waals surface area (Å²) in [4.78, 5) is 19.3. The lowest BCUT2D eigenvalue weighted by Crippen LogP contribution is -2.53. The highest BCUT2D eigenvalue weighted by molar-refractivity contribution is 5.88. The van der Waals surface area contributed by atoms with E-state index in [2.05, 4.69) is 30.9 Å². The number of carbonyl (C=O) groups is 1. The van der Waals surface area contributed by atoms with Crippen molar-refractivity contribution in [3.63, 3.8) is 0 Å². The van der Waals surface area contributed by atoms with Crippen molar-refractivity contribution in [1.82, 2.24) is 14.5 Å². The van der Waals surface area contributed by atoms with Crippen LogP contribution in [0.25, 0.3) is 0 Å². The molecule has 0 N–H and O–H groups in total. The summed E-state index contributed by atoms with van der Waals surface area (Å²) in [5.74, 6) is 2.14. The van der Waals surface area contributed by atoms with Crippen LogP contribution in [0.3, 0.4) is 0 Å². The maximum atomic E-state index is 12.8. The average Bonchev–Trinajstić information content (AvgIpc) is 2.82. The fourth-order valence-corrected chi connectivity index (χ4v) is 3.31. The Labute approximate surface area is 122 Å². The van der Waals surface area contributed by atoms with Crippen LogP contribution in [0.15, 0.2) is 12.4 Å². The molecule has 0 bridgehead atoms. The Morgan fingerprint density at radius 1 is 1.45 bits per heavy atom. The standard InChI is InChI=1S/C16H27N3O/c1-13-7-9-16(10-8-13,18(2)3)14(20)5-6-15-17-11-12-19(15)4/h11-13H,5-10H2,1-4H3. The molecule has 1 aromatic heterocycles. The van der Waals surface area contributed by atoms with Crippen molar-refractivity contribution >= 4 is 5.78 Å². The third-order valence-corrected chi connectivity index (χ3v) is 4.97. The molecule has 1 aromatic rings. The van der Waals surface area contributed by atoms with Gasteiger partial charge in [-0.2, -0.15) is 0 Å². The van der Waals surface area contributed by atoms with Crippen molar-refractivity contribution in [1.29, 1.82) is 0 Å². The summed E-state index contributed by atoms with van der Waals surface area (Å²) in [6, 6.07) is 0. The molecular formula is C16H27N3O. The lowest BCUT2D eigenvalue weighted by molar-refractivity contribution is -0.132. The SMILES string of the molecule is CC1CCC(C(=O)CCc2nccn2C)(N(C)C)CC1. The van der Waals surface area contributed by atoms with Crippen molar-refractivity contribution in [2.45, 2.75) is 51.0 Å². The lowest BCUT2D eigenvalue weighted by Gasteiger charge is -2.43. The summed E-state index contributed by atoms with van der Waals surface area (Å²) < 4.78 is 2.00. The van der Waals surface area contributed by atoms with E-state index in [1.807, 2.05) is 17.8 Å². The van der Waals surface area contributed by atoms with E-state index in [0.717, 1.165) is 43.8 Å². The van der Waals surface area contributed by atoms with Gasteiger partial charge in [0.15, 0.2) is 5.78 Å². The van der Waals surface area contributed by atoms with Gasteiger partial charge in [-0.15, -0.1) is 0 Å². The number of ketones is 1. The van der Waals surface area contributed by atoms with Crippen LogP contribution in [0.1, 0.15) is 44.9 Å². The maximum absolute atomic E-state index is 12.8. The van der Waals surface area contributed by atoms with Gasteiger partial charge in [-0.25, -0.2) is 4.98 Å². The van der Waals surface area contributed by atoms with E-state index in [-0.39, 0.29) is 5.54 Å². The van der Waals surface area contributed by atoms with Crippen LogP contribution >= 0.6 is 0 Å². The monoisotopic (exact) mass is 277 g/mol. The highest BCUT2D eigenvalue weighted by Gasteiger charge is 2.42. The van der Waals surface area contributed by atoms with E-state index in [1.54, 1.807) is 6.20 Å². The highest BCUT2D eigenvalue weighted by Crippen LogP contribution is 2.36. The van der Waals surface area contributed by atoms with Gasteiger partial charge in [-0.1, -0.05) is 6.92 Å². The molecular weight excluding hydrogens is 250 g/mol. The maximum Gasteiger partial charge on any atom is 0.153 e. The molecule has 0 atom stereocenters. The summed E-state index contributed by atoms with van der Waals surface area (Å²) >= 11 is 0. The van der Waals surface area contributed by atoms with E-state index in [4.69, 9.17) is 0 Å². The van der Waals surface area contributed by atoms with Gasteiger partial charge in [0.25, 0.3) is 0 Å². The van der Waals surface area contributed by atoms with Gasteiger partial charge < -0.3 is 4.57 Å². The van der Waals surface area contributed by atoms with Crippen molar-refractivity contribution in [3.05, 3.63) is 18.2 Å². The minimum Gasteiger partial charge on any atom is -0.338 e. The van der Waals surface area contributed by atoms with Crippen molar-refractivity contribution in [3.8, 4) is 0 Å². The number of imidazole rings is 1. The Bertz CT molecular complexity index is 456. The zero-order valence-corrected chi connectivity index (χ0v) is 13.2. The van der Waals surface area contributed by atoms with E-state index in [0.29, 0.717) is 12.2 Å². The summed E-state index contributed by atoms with van der Waals surface area (Å²) in [6.07, 6.45) is 9.39. The number of Topliss-reactive ketones (excluding diaryl/α,β-unsaturated/α-hetero) is 1. The molecule has 0 amide bonds. The Morgan fingerprint density at radius 3 is 2.60 bits per heavy atom. The van der Waals surface area contributed by atoms with Crippen LogP contribution in [0, 0.1) is 5.92 Å². The normalized spacial score (nSPS) is 26.9. The van der Waals surface area contributed by atoms with Crippen LogP contribution in [-0.2, 0) is 18.3 Å². The molecule has 1 saturated carbocycles. The zero-order valence-electron chi connectivity index (χ0n) is 13.2. The second-order valence-electron chi connectivity index (χ2n) is 6.49. The van der Waals surface area contributed by atoms with Crippen molar-refractivity contribution in [2.75, 3.05) is 14.1 Å². The molecule has 2 rings (SSSR count). The van der Waals surface area contributed by atoms with Gasteiger partial charge in [0.05, 0.1) is 5.54 Å². The summed E-state index contributed by atoms with van der Waals surface area (Å²) in [6.45, 7) is 2.29. The second kappa shape index (κ2) is 6.08. The molecule has 112 valence electrons. The molecule has 0 spiro atoms. The largest absolute Gasteiger partial charge is 0.338 e. The fraction of sp³-hybridized carbons (Fsp3) is 0.750. The fourth-order valence-electron chi connectivity index (χ4n) is 3.31. The zero-order chi connectivity index (χ0) is 14.8. The molecule has 4 heteroatoms. The molecule has 1 aliphatic rings. The Kier molecular flexibility index (Phi) is 4.63. The predicted octanol–water partition coefficient (Wildman–Crippen LogP) is 2.43. The van der Waals surface area contributed by atoms with E-state index < -0.39 is 0 Å². The average molecular weight is 277 g/mol. The number of nitrogens with zero attached hydrogens (tertiary/aromatic N) is 3. The van der Waals surface area contributed by atoms with Gasteiger partial charge in [0, 0.05) is 32.3 Å². The third kappa shape index (κ3) is 2.95. The van der Waals surface area contributed by atoms with E-state index in [9.17, 15) is 4.79 Å². The first-order chi connectivity index (χ1) is 9.45. The lowest BCUT2D eigenvalue weighted by atomic mass is 9.73. The van der Waals surface area contributed by atoms with Gasteiger partial charge in [-0.05, 0) is 45.7 Å². The molecule has 1 fully saturated rings. The van der Waals surface area contributed by atoms with Crippen molar-refractivity contribution < 1.29 is 4.79 Å². The number of aromatic nitrogens is 2. The Morgan fingerprint density at radius 2 is 2.10 bits per heavy atom. The third-order valence-electron chi connectivity index (χ3n) is 4.97. The predicted molar refractivity (Wildman–Crippen MR) is 80.6 cm³/mol. The van der Waals surface area contributed by atoms with Crippen LogP contribution in [0.4, 0.5) is 0 Å². The van der Waals surface area contributed by atoms with Gasteiger partial charge in [-0.3, -0.25) is 9.69 Å². The Balaban J connectivity index is 2.03. The van der Waals surface area contributed by atoms with Crippen LogP contribution < -0.4 is 0 Å². The van der Waals surface area contributed by atoms with Gasteiger partial charge in [0.1, 0.15) is 5.82 Å². The highest BCUT2D eigenvalue weighted by atomic mass is 16.1. The van der Waals surface area contributed by atoms with Gasteiger partial charge >= 0.3 is 0 Å². The first-order valence-electron chi connectivity index (χ1n) is 7.62. The van der Waals surface area contributed by atoms with Crippen LogP contribution in [0.2, 0.25) is 0 Å². The minimum absolute atomic E-state index is 0.238. The molecule has 0 saturated heterocycles. The number of hydrogen-bond acceptors (Lipinski definition) is 3. The van der Waals surface area contributed by atoms with Gasteiger partial charge in [0.2, 0.25) is 0 Å². The molecule has 1 heterocycles. The topological polar surface area (TPSA) is 38.1 Å². The first-order valence-corrected chi connectivity index (χ1v) is 7.62. The number of aryl methyl sites for hydroxylation is 2. The van der Waals surface area contributed by atoms with Crippen molar-refractivity contribution in [2.24, 2.45) is 13.0 Å². The molecule has 1 aliphatic carbocycles. The number of likely N-dealkylation sites (N-methyl/N-ethyl adjacent to an activating group) is 1. The number of hydrogen-bond donors (Lipinski definition) is 0. The second-order valence-corrected chi connectivity index (χ2v) is 6.49. The summed E-state index contributed by atoms with van der Waals surface area (Å²) in [5.41, 5.74) is -0.238. The molecule has 20 heavy (non-hydrogen) atoms. The quantitative estimate of drug-likeness (QED) is 0.829. The smallest absolute Gasteiger partial charge is 0.153 e. The molecule has 4 nitrogen and oxygen atoms in total. The summed E-state index contributed by atoms with van der Waals surface area (Å²) in [7, 11) is 6.08. The number of carbonyl (C=O) groups excluding carboxylic acids is 1. The number of rotatable bonds is 5. The van der Waals surface area contributed by atoms with Crippen LogP contribution in [0.5, 0.6) is 0 Å². The van der Waals surface area contributed by atoms with E-state index in [1.165, 1.54) is 0 Å². The minimum atomic E-state index is -0.238. The van der Waals surface area contributed by atoms with Crippen LogP contribution in [-0.4, -0.2) is 39.9 Å². The molecule has 0 radical (unpaired) electrons. The molecule has 0 aromatic carbocycles. The first kappa shape index (κ1) is 15.2. The summed E-state index contributed by atoms with van der Waals surface area (Å²) in [5, 5.41) is 0.